The minimum atomic E-state index is -0.517. The van der Waals surface area contributed by atoms with Crippen LogP contribution in [-0.4, -0.2) is 31.8 Å². The topological polar surface area (TPSA) is 47.6 Å². The van der Waals surface area contributed by atoms with Crippen molar-refractivity contribution in [1.29, 1.82) is 0 Å². The highest BCUT2D eigenvalue weighted by atomic mass is 79.9. The Kier molecular flexibility index (Phi) is 4.15. The first-order chi connectivity index (χ1) is 8.16. The fraction of sp³-hybridized carbons (Fsp3) is 0.417. The number of amides is 1. The van der Waals surface area contributed by atoms with Crippen LogP contribution in [0.1, 0.15) is 5.56 Å². The number of hydrogen-bond acceptors (Lipinski definition) is 3. The molecule has 1 saturated heterocycles. The molecule has 1 unspecified atom stereocenters. The molecular formula is C12H14BrNO3. The Labute approximate surface area is 108 Å². The monoisotopic (exact) mass is 299 g/mol. The predicted octanol–water partition coefficient (Wildman–Crippen LogP) is 2.11. The van der Waals surface area contributed by atoms with E-state index in [1.54, 1.807) is 0 Å². The van der Waals surface area contributed by atoms with Gasteiger partial charge in [0, 0.05) is 4.47 Å². The molecule has 1 amide bonds. The van der Waals surface area contributed by atoms with Crippen LogP contribution < -0.4 is 5.32 Å². The van der Waals surface area contributed by atoms with E-state index in [0.717, 1.165) is 15.7 Å². The summed E-state index contributed by atoms with van der Waals surface area (Å²) in [6, 6.07) is 5.79. The van der Waals surface area contributed by atoms with Gasteiger partial charge in [-0.1, -0.05) is 6.07 Å². The van der Waals surface area contributed by atoms with E-state index >= 15 is 0 Å². The van der Waals surface area contributed by atoms with Gasteiger partial charge in [-0.15, -0.1) is 0 Å². The number of aryl methyl sites for hydroxylation is 1. The lowest BCUT2D eigenvalue weighted by atomic mass is 10.2. The van der Waals surface area contributed by atoms with Crippen molar-refractivity contribution in [3.8, 4) is 0 Å². The summed E-state index contributed by atoms with van der Waals surface area (Å²) < 4.78 is 11.4. The maximum Gasteiger partial charge on any atom is 0.255 e. The molecule has 1 aliphatic heterocycles. The lowest BCUT2D eigenvalue weighted by Gasteiger charge is -2.22. The van der Waals surface area contributed by atoms with Crippen LogP contribution in [0.15, 0.2) is 22.7 Å². The van der Waals surface area contributed by atoms with Crippen molar-refractivity contribution < 1.29 is 14.3 Å². The summed E-state index contributed by atoms with van der Waals surface area (Å²) in [7, 11) is 0. The third-order valence-electron chi connectivity index (χ3n) is 2.49. The number of halogens is 1. The number of benzene rings is 1. The zero-order chi connectivity index (χ0) is 12.3. The summed E-state index contributed by atoms with van der Waals surface area (Å²) in [4.78, 5) is 11.9. The third kappa shape index (κ3) is 3.28. The SMILES string of the molecule is Cc1ccc(Br)c(NC(=O)C2COCCO2)c1. The van der Waals surface area contributed by atoms with Crippen molar-refractivity contribution in [2.75, 3.05) is 25.1 Å². The van der Waals surface area contributed by atoms with Crippen LogP contribution in [0, 0.1) is 6.92 Å². The summed E-state index contributed by atoms with van der Waals surface area (Å²) in [5, 5.41) is 2.83. The highest BCUT2D eigenvalue weighted by Crippen LogP contribution is 2.23. The van der Waals surface area contributed by atoms with Gasteiger partial charge in [-0.3, -0.25) is 4.79 Å². The molecule has 2 rings (SSSR count). The van der Waals surface area contributed by atoms with E-state index in [4.69, 9.17) is 9.47 Å². The van der Waals surface area contributed by atoms with Gasteiger partial charge in [-0.05, 0) is 40.5 Å². The fourth-order valence-corrected chi connectivity index (χ4v) is 1.93. The van der Waals surface area contributed by atoms with Gasteiger partial charge in [-0.25, -0.2) is 0 Å². The number of nitrogens with one attached hydrogen (secondary N) is 1. The van der Waals surface area contributed by atoms with E-state index in [1.165, 1.54) is 0 Å². The molecule has 92 valence electrons. The molecule has 17 heavy (non-hydrogen) atoms. The molecule has 1 aliphatic rings. The standard InChI is InChI=1S/C12H14BrNO3/c1-8-2-3-9(13)10(6-8)14-12(15)11-7-16-4-5-17-11/h2-3,6,11H,4-5,7H2,1H3,(H,14,15). The molecule has 5 heteroatoms. The van der Waals surface area contributed by atoms with E-state index < -0.39 is 6.10 Å². The number of anilines is 1. The molecule has 1 aromatic carbocycles. The Balaban J connectivity index is 2.04. The van der Waals surface area contributed by atoms with Crippen molar-refractivity contribution >= 4 is 27.5 Å². The van der Waals surface area contributed by atoms with Crippen LogP contribution in [0.2, 0.25) is 0 Å². The molecule has 1 aromatic rings. The van der Waals surface area contributed by atoms with Crippen LogP contribution in [0.3, 0.4) is 0 Å². The summed E-state index contributed by atoms with van der Waals surface area (Å²) in [5.74, 6) is -0.170. The molecule has 0 aliphatic carbocycles. The van der Waals surface area contributed by atoms with E-state index in [9.17, 15) is 4.79 Å². The Morgan fingerprint density at radius 1 is 1.47 bits per heavy atom. The molecule has 0 spiro atoms. The van der Waals surface area contributed by atoms with Crippen LogP contribution >= 0.6 is 15.9 Å². The Bertz CT molecular complexity index is 416. The second-order valence-electron chi connectivity index (χ2n) is 3.91. The minimum Gasteiger partial charge on any atom is -0.376 e. The maximum atomic E-state index is 11.9. The van der Waals surface area contributed by atoms with Crippen molar-refractivity contribution in [3.05, 3.63) is 28.2 Å². The molecular weight excluding hydrogens is 286 g/mol. The number of carbonyl (C=O) groups is 1. The largest absolute Gasteiger partial charge is 0.376 e. The average Bonchev–Trinajstić information content (AvgIpc) is 2.35. The first-order valence-electron chi connectivity index (χ1n) is 5.43. The van der Waals surface area contributed by atoms with E-state index in [0.29, 0.717) is 19.8 Å². The van der Waals surface area contributed by atoms with Gasteiger partial charge in [0.15, 0.2) is 6.10 Å². The Hall–Kier alpha value is -0.910. The fourth-order valence-electron chi connectivity index (χ4n) is 1.59. The average molecular weight is 300 g/mol. The third-order valence-corrected chi connectivity index (χ3v) is 3.18. The number of hydrogen-bond donors (Lipinski definition) is 1. The Morgan fingerprint density at radius 3 is 3.00 bits per heavy atom. The maximum absolute atomic E-state index is 11.9. The molecule has 0 aromatic heterocycles. The first kappa shape index (κ1) is 12.5. The molecule has 1 heterocycles. The Morgan fingerprint density at radius 2 is 2.29 bits per heavy atom. The number of carbonyl (C=O) groups excluding carboxylic acids is 1. The van der Waals surface area contributed by atoms with Gasteiger partial charge < -0.3 is 14.8 Å². The minimum absolute atomic E-state index is 0.170. The van der Waals surface area contributed by atoms with Crippen LogP contribution in [0.5, 0.6) is 0 Å². The molecule has 1 atom stereocenters. The van der Waals surface area contributed by atoms with Crippen molar-refractivity contribution in [2.45, 2.75) is 13.0 Å². The summed E-state index contributed by atoms with van der Waals surface area (Å²) in [6.45, 7) is 3.31. The van der Waals surface area contributed by atoms with Crippen LogP contribution in [0.25, 0.3) is 0 Å². The molecule has 4 nitrogen and oxygen atoms in total. The molecule has 1 fully saturated rings. The van der Waals surface area contributed by atoms with Gasteiger partial charge in [0.25, 0.3) is 5.91 Å². The molecule has 0 radical (unpaired) electrons. The zero-order valence-corrected chi connectivity index (χ0v) is 11.1. The van der Waals surface area contributed by atoms with E-state index in [-0.39, 0.29) is 5.91 Å². The van der Waals surface area contributed by atoms with Crippen molar-refractivity contribution in [2.24, 2.45) is 0 Å². The first-order valence-corrected chi connectivity index (χ1v) is 6.22. The van der Waals surface area contributed by atoms with Gasteiger partial charge in [-0.2, -0.15) is 0 Å². The highest BCUT2D eigenvalue weighted by molar-refractivity contribution is 9.10. The summed E-state index contributed by atoms with van der Waals surface area (Å²) >= 11 is 3.40. The zero-order valence-electron chi connectivity index (χ0n) is 9.53. The smallest absolute Gasteiger partial charge is 0.255 e. The second-order valence-corrected chi connectivity index (χ2v) is 4.76. The van der Waals surface area contributed by atoms with Gasteiger partial charge in [0.2, 0.25) is 0 Å². The van der Waals surface area contributed by atoms with Gasteiger partial charge in [0.1, 0.15) is 0 Å². The molecule has 0 bridgehead atoms. The highest BCUT2D eigenvalue weighted by Gasteiger charge is 2.23. The van der Waals surface area contributed by atoms with Gasteiger partial charge >= 0.3 is 0 Å². The van der Waals surface area contributed by atoms with Crippen molar-refractivity contribution in [1.82, 2.24) is 0 Å². The van der Waals surface area contributed by atoms with Crippen LogP contribution in [0.4, 0.5) is 5.69 Å². The van der Waals surface area contributed by atoms with Crippen molar-refractivity contribution in [3.63, 3.8) is 0 Å². The van der Waals surface area contributed by atoms with Gasteiger partial charge in [0.05, 0.1) is 25.5 Å². The van der Waals surface area contributed by atoms with E-state index in [1.807, 2.05) is 25.1 Å². The quantitative estimate of drug-likeness (QED) is 0.910. The summed E-state index contributed by atoms with van der Waals surface area (Å²) in [6.07, 6.45) is -0.517. The molecule has 1 N–H and O–H groups in total. The second kappa shape index (κ2) is 5.62. The summed E-state index contributed by atoms with van der Waals surface area (Å²) in [5.41, 5.74) is 1.84. The lowest BCUT2D eigenvalue weighted by molar-refractivity contribution is -0.142. The van der Waals surface area contributed by atoms with E-state index in [2.05, 4.69) is 21.2 Å². The number of rotatable bonds is 2. The van der Waals surface area contributed by atoms with Crippen LogP contribution in [-0.2, 0) is 14.3 Å². The molecule has 0 saturated carbocycles. The predicted molar refractivity (Wildman–Crippen MR) is 68.1 cm³/mol. The normalized spacial score (nSPS) is 20.0. The number of ether oxygens (including phenoxy) is 2. The lowest BCUT2D eigenvalue weighted by Crippen LogP contribution is -2.39.